The van der Waals surface area contributed by atoms with E-state index in [2.05, 4.69) is 17.2 Å². The topological polar surface area (TPSA) is 45.2 Å². The number of halogens is 1. The average Bonchev–Trinajstić information content (AvgIpc) is 2.59. The first kappa shape index (κ1) is 17.3. The molecule has 23 heavy (non-hydrogen) atoms. The summed E-state index contributed by atoms with van der Waals surface area (Å²) in [5, 5.41) is 3.99. The van der Waals surface area contributed by atoms with Crippen LogP contribution >= 0.6 is 11.6 Å². The average molecular weight is 332 g/mol. The standard InChI is InChI=1S/C18H22ClN3O/c1-3-4-11-22(2)18(23)17-10-9-15(13-21-17)20-12-14-7-5-6-8-16(14)19/h5-10,13,20H,3-4,11-12H2,1-2H3. The second-order valence-corrected chi connectivity index (χ2v) is 5.86. The summed E-state index contributed by atoms with van der Waals surface area (Å²) < 4.78 is 0. The minimum Gasteiger partial charge on any atom is -0.380 e. The second-order valence-electron chi connectivity index (χ2n) is 5.46. The molecule has 1 heterocycles. The highest BCUT2D eigenvalue weighted by Gasteiger charge is 2.12. The number of benzene rings is 1. The van der Waals surface area contributed by atoms with Crippen LogP contribution in [0.2, 0.25) is 5.02 Å². The van der Waals surface area contributed by atoms with Crippen LogP contribution in [0.1, 0.15) is 35.8 Å². The minimum atomic E-state index is -0.0453. The van der Waals surface area contributed by atoms with E-state index in [0.29, 0.717) is 12.2 Å². The molecule has 5 heteroatoms. The maximum Gasteiger partial charge on any atom is 0.272 e. The molecule has 2 rings (SSSR count). The molecule has 0 aliphatic rings. The van der Waals surface area contributed by atoms with Gasteiger partial charge in [-0.05, 0) is 30.2 Å². The van der Waals surface area contributed by atoms with Crippen LogP contribution in [0.5, 0.6) is 0 Å². The zero-order chi connectivity index (χ0) is 16.7. The Bertz CT molecular complexity index is 643. The van der Waals surface area contributed by atoms with Gasteiger partial charge in [0.2, 0.25) is 0 Å². The van der Waals surface area contributed by atoms with Gasteiger partial charge in [0.25, 0.3) is 5.91 Å². The molecular weight excluding hydrogens is 310 g/mol. The number of nitrogens with zero attached hydrogens (tertiary/aromatic N) is 2. The molecule has 1 N–H and O–H groups in total. The first-order valence-corrected chi connectivity index (χ1v) is 8.18. The Morgan fingerprint density at radius 1 is 1.26 bits per heavy atom. The summed E-state index contributed by atoms with van der Waals surface area (Å²) in [6.45, 7) is 3.48. The predicted molar refractivity (Wildman–Crippen MR) is 94.9 cm³/mol. The van der Waals surface area contributed by atoms with E-state index in [0.717, 1.165) is 35.7 Å². The maximum atomic E-state index is 12.2. The Morgan fingerprint density at radius 2 is 2.04 bits per heavy atom. The van der Waals surface area contributed by atoms with Crippen LogP contribution < -0.4 is 5.32 Å². The molecular formula is C18H22ClN3O. The molecule has 1 amide bonds. The van der Waals surface area contributed by atoms with Crippen LogP contribution in [0.3, 0.4) is 0 Å². The third kappa shape index (κ3) is 4.96. The van der Waals surface area contributed by atoms with Crippen molar-refractivity contribution in [2.24, 2.45) is 0 Å². The summed E-state index contributed by atoms with van der Waals surface area (Å²) in [7, 11) is 1.81. The van der Waals surface area contributed by atoms with E-state index in [1.54, 1.807) is 17.2 Å². The zero-order valence-electron chi connectivity index (χ0n) is 13.6. The van der Waals surface area contributed by atoms with Crippen molar-refractivity contribution >= 4 is 23.2 Å². The fourth-order valence-electron chi connectivity index (χ4n) is 2.16. The Hall–Kier alpha value is -2.07. The summed E-state index contributed by atoms with van der Waals surface area (Å²) in [5.41, 5.74) is 2.35. The number of carbonyl (C=O) groups is 1. The lowest BCUT2D eigenvalue weighted by atomic mass is 10.2. The molecule has 0 unspecified atom stereocenters. The Morgan fingerprint density at radius 3 is 2.70 bits per heavy atom. The van der Waals surface area contributed by atoms with Crippen molar-refractivity contribution < 1.29 is 4.79 Å². The van der Waals surface area contributed by atoms with Gasteiger partial charge in [0.15, 0.2) is 0 Å². The maximum absolute atomic E-state index is 12.2. The number of rotatable bonds is 7. The van der Waals surface area contributed by atoms with E-state index < -0.39 is 0 Å². The molecule has 0 atom stereocenters. The summed E-state index contributed by atoms with van der Waals surface area (Å²) in [5.74, 6) is -0.0453. The highest BCUT2D eigenvalue weighted by molar-refractivity contribution is 6.31. The number of unbranched alkanes of at least 4 members (excludes halogenated alkanes) is 1. The number of hydrogen-bond acceptors (Lipinski definition) is 3. The van der Waals surface area contributed by atoms with Crippen LogP contribution in [-0.2, 0) is 6.54 Å². The summed E-state index contributed by atoms with van der Waals surface area (Å²) >= 11 is 6.13. The predicted octanol–water partition coefficient (Wildman–Crippen LogP) is 4.22. The first-order valence-electron chi connectivity index (χ1n) is 7.80. The molecule has 1 aromatic carbocycles. The molecule has 0 fully saturated rings. The molecule has 0 aliphatic heterocycles. The molecule has 0 saturated heterocycles. The number of nitrogens with one attached hydrogen (secondary N) is 1. The third-order valence-corrected chi connectivity index (χ3v) is 3.99. The molecule has 0 bridgehead atoms. The third-order valence-electron chi connectivity index (χ3n) is 3.62. The van der Waals surface area contributed by atoms with Crippen molar-refractivity contribution in [1.29, 1.82) is 0 Å². The van der Waals surface area contributed by atoms with Gasteiger partial charge in [-0.2, -0.15) is 0 Å². The molecule has 1 aromatic heterocycles. The van der Waals surface area contributed by atoms with Crippen molar-refractivity contribution in [2.75, 3.05) is 18.9 Å². The van der Waals surface area contributed by atoms with Crippen LogP contribution in [-0.4, -0.2) is 29.4 Å². The highest BCUT2D eigenvalue weighted by Crippen LogP contribution is 2.17. The zero-order valence-corrected chi connectivity index (χ0v) is 14.3. The van der Waals surface area contributed by atoms with Crippen molar-refractivity contribution in [2.45, 2.75) is 26.3 Å². The van der Waals surface area contributed by atoms with Crippen molar-refractivity contribution in [3.05, 3.63) is 58.9 Å². The van der Waals surface area contributed by atoms with E-state index >= 15 is 0 Å². The number of hydrogen-bond donors (Lipinski definition) is 1. The minimum absolute atomic E-state index is 0.0453. The lowest BCUT2D eigenvalue weighted by molar-refractivity contribution is 0.0787. The lowest BCUT2D eigenvalue weighted by Crippen LogP contribution is -2.28. The highest BCUT2D eigenvalue weighted by atomic mass is 35.5. The quantitative estimate of drug-likeness (QED) is 0.826. The Labute approximate surface area is 142 Å². The smallest absolute Gasteiger partial charge is 0.272 e. The first-order chi connectivity index (χ1) is 11.1. The summed E-state index contributed by atoms with van der Waals surface area (Å²) in [4.78, 5) is 18.2. The monoisotopic (exact) mass is 331 g/mol. The van der Waals surface area contributed by atoms with Gasteiger partial charge in [0.1, 0.15) is 5.69 Å². The molecule has 0 aliphatic carbocycles. The number of carbonyl (C=O) groups excluding carboxylic acids is 1. The van der Waals surface area contributed by atoms with Gasteiger partial charge in [0.05, 0.1) is 11.9 Å². The number of pyridine rings is 1. The molecule has 0 spiro atoms. The number of anilines is 1. The number of aromatic nitrogens is 1. The Balaban J connectivity index is 1.94. The van der Waals surface area contributed by atoms with E-state index in [9.17, 15) is 4.79 Å². The van der Waals surface area contributed by atoms with Crippen molar-refractivity contribution in [3.63, 3.8) is 0 Å². The molecule has 0 radical (unpaired) electrons. The van der Waals surface area contributed by atoms with Gasteiger partial charge in [-0.15, -0.1) is 0 Å². The molecule has 122 valence electrons. The van der Waals surface area contributed by atoms with Crippen molar-refractivity contribution in [3.8, 4) is 0 Å². The SMILES string of the molecule is CCCCN(C)C(=O)c1ccc(NCc2ccccc2Cl)cn1. The van der Waals surface area contributed by atoms with Crippen LogP contribution in [0, 0.1) is 0 Å². The van der Waals surface area contributed by atoms with E-state index in [4.69, 9.17) is 11.6 Å². The largest absolute Gasteiger partial charge is 0.380 e. The van der Waals surface area contributed by atoms with Gasteiger partial charge in [-0.25, -0.2) is 4.98 Å². The van der Waals surface area contributed by atoms with Crippen molar-refractivity contribution in [1.82, 2.24) is 9.88 Å². The normalized spacial score (nSPS) is 10.4. The van der Waals surface area contributed by atoms with E-state index in [1.807, 2.05) is 37.4 Å². The fourth-order valence-corrected chi connectivity index (χ4v) is 2.36. The fraction of sp³-hybridized carbons (Fsp3) is 0.333. The van der Waals surface area contributed by atoms with Gasteiger partial charge in [0, 0.05) is 25.2 Å². The van der Waals surface area contributed by atoms with Crippen LogP contribution in [0.4, 0.5) is 5.69 Å². The number of amides is 1. The Kier molecular flexibility index (Phi) is 6.41. The summed E-state index contributed by atoms with van der Waals surface area (Å²) in [6, 6.07) is 11.3. The summed E-state index contributed by atoms with van der Waals surface area (Å²) in [6.07, 6.45) is 3.74. The van der Waals surface area contributed by atoms with Gasteiger partial charge in [-0.3, -0.25) is 4.79 Å². The van der Waals surface area contributed by atoms with Gasteiger partial charge in [-0.1, -0.05) is 43.1 Å². The molecule has 4 nitrogen and oxygen atoms in total. The van der Waals surface area contributed by atoms with Crippen LogP contribution in [0.15, 0.2) is 42.6 Å². The van der Waals surface area contributed by atoms with E-state index in [1.165, 1.54) is 0 Å². The molecule has 2 aromatic rings. The van der Waals surface area contributed by atoms with Crippen LogP contribution in [0.25, 0.3) is 0 Å². The lowest BCUT2D eigenvalue weighted by Gasteiger charge is -2.16. The van der Waals surface area contributed by atoms with Gasteiger partial charge >= 0.3 is 0 Å². The second kappa shape index (κ2) is 8.53. The molecule has 0 saturated carbocycles. The van der Waals surface area contributed by atoms with Gasteiger partial charge < -0.3 is 10.2 Å². The van der Waals surface area contributed by atoms with E-state index in [-0.39, 0.29) is 5.91 Å².